The van der Waals surface area contributed by atoms with Crippen LogP contribution in [-0.2, 0) is 13.0 Å². The van der Waals surface area contributed by atoms with Crippen molar-refractivity contribution in [3.05, 3.63) is 39.1 Å². The summed E-state index contributed by atoms with van der Waals surface area (Å²) in [6, 6.07) is 0. The second-order valence-corrected chi connectivity index (χ2v) is 3.97. The number of hydrogen-bond donors (Lipinski definition) is 0. The van der Waals surface area contributed by atoms with Crippen molar-refractivity contribution >= 4 is 15.9 Å². The lowest BCUT2D eigenvalue weighted by molar-refractivity contribution is 0.438. The van der Waals surface area contributed by atoms with Crippen molar-refractivity contribution in [2.75, 3.05) is 0 Å². The van der Waals surface area contributed by atoms with Crippen LogP contribution in [-0.4, -0.2) is 19.7 Å². The molecule has 0 aliphatic rings. The van der Waals surface area contributed by atoms with E-state index in [0.717, 1.165) is 0 Å². The molecule has 0 spiro atoms. The minimum Gasteiger partial charge on any atom is -0.423 e. The summed E-state index contributed by atoms with van der Waals surface area (Å²) in [6.45, 7) is 2.16. The van der Waals surface area contributed by atoms with E-state index in [1.54, 1.807) is 0 Å². The largest absolute Gasteiger partial charge is 0.423 e. The van der Waals surface area contributed by atoms with Gasteiger partial charge in [0.1, 0.15) is 11.0 Å². The quantitative estimate of drug-likeness (QED) is 0.841. The Balaban J connectivity index is 2.27. The van der Waals surface area contributed by atoms with Gasteiger partial charge in [0, 0.05) is 12.6 Å². The van der Waals surface area contributed by atoms with Gasteiger partial charge in [0.25, 0.3) is 5.56 Å². The van der Waals surface area contributed by atoms with Crippen molar-refractivity contribution in [1.29, 1.82) is 0 Å². The molecule has 2 aromatic rings. The third-order valence-corrected chi connectivity index (χ3v) is 2.52. The highest BCUT2D eigenvalue weighted by Crippen LogP contribution is 2.03. The first kappa shape index (κ1) is 11.0. The van der Waals surface area contributed by atoms with E-state index in [2.05, 4.69) is 31.1 Å². The van der Waals surface area contributed by atoms with Crippen molar-refractivity contribution in [2.45, 2.75) is 19.9 Å². The van der Waals surface area contributed by atoms with E-state index in [1.165, 1.54) is 17.1 Å². The van der Waals surface area contributed by atoms with Crippen LogP contribution in [0.1, 0.15) is 18.7 Å². The smallest absolute Gasteiger partial charge is 0.268 e. The van der Waals surface area contributed by atoms with E-state index in [0.29, 0.717) is 22.7 Å². The normalized spacial score (nSPS) is 10.6. The molecule has 0 saturated carbocycles. The first-order chi connectivity index (χ1) is 7.70. The number of nitrogens with zero attached hydrogens (tertiary/aromatic N) is 4. The van der Waals surface area contributed by atoms with Gasteiger partial charge in [0.15, 0.2) is 0 Å². The predicted octanol–water partition coefficient (Wildman–Crippen LogP) is 1.000. The maximum absolute atomic E-state index is 11.6. The molecule has 2 rings (SSSR count). The second kappa shape index (κ2) is 4.56. The predicted molar refractivity (Wildman–Crippen MR) is 59.0 cm³/mol. The van der Waals surface area contributed by atoms with Crippen LogP contribution in [0.3, 0.4) is 0 Å². The summed E-state index contributed by atoms with van der Waals surface area (Å²) in [7, 11) is 0. The van der Waals surface area contributed by atoms with Crippen molar-refractivity contribution < 1.29 is 4.42 Å². The van der Waals surface area contributed by atoms with Gasteiger partial charge in [-0.2, -0.15) is 0 Å². The molecule has 0 aliphatic heterocycles. The first-order valence-corrected chi connectivity index (χ1v) is 5.51. The molecule has 0 aromatic carbocycles. The maximum Gasteiger partial charge on any atom is 0.268 e. The van der Waals surface area contributed by atoms with Gasteiger partial charge in [-0.1, -0.05) is 6.92 Å². The molecule has 0 atom stereocenters. The third kappa shape index (κ3) is 2.19. The van der Waals surface area contributed by atoms with Crippen molar-refractivity contribution in [3.8, 4) is 0 Å². The molecule has 0 unspecified atom stereocenters. The summed E-state index contributed by atoms with van der Waals surface area (Å²) in [5, 5.41) is 7.65. The lowest BCUT2D eigenvalue weighted by Gasteiger charge is -2.00. The van der Waals surface area contributed by atoms with E-state index in [9.17, 15) is 4.79 Å². The van der Waals surface area contributed by atoms with Crippen LogP contribution in [0.4, 0.5) is 0 Å². The number of hydrogen-bond acceptors (Lipinski definition) is 5. The standard InChI is InChI=1S/C9H9BrN4O2/c1-2-7-12-13-8(16-7)4-14-5-11-3-6(10)9(14)15/h3,5H,2,4H2,1H3. The summed E-state index contributed by atoms with van der Waals surface area (Å²) in [4.78, 5) is 15.5. The van der Waals surface area contributed by atoms with Crippen LogP contribution in [0.5, 0.6) is 0 Å². The molecule has 0 radical (unpaired) electrons. The molecule has 0 amide bonds. The fourth-order valence-electron chi connectivity index (χ4n) is 1.18. The fourth-order valence-corrected chi connectivity index (χ4v) is 1.52. The average Bonchev–Trinajstić information content (AvgIpc) is 2.73. The minimum atomic E-state index is -0.175. The molecule has 2 aromatic heterocycles. The Labute approximate surface area is 99.5 Å². The molecule has 2 heterocycles. The van der Waals surface area contributed by atoms with E-state index in [1.807, 2.05) is 6.92 Å². The van der Waals surface area contributed by atoms with Gasteiger partial charge in [-0.3, -0.25) is 9.36 Å². The van der Waals surface area contributed by atoms with Gasteiger partial charge in [-0.05, 0) is 15.9 Å². The fraction of sp³-hybridized carbons (Fsp3) is 0.333. The molecule has 0 aliphatic carbocycles. The van der Waals surface area contributed by atoms with Crippen LogP contribution in [0.2, 0.25) is 0 Å². The molecule has 0 saturated heterocycles. The van der Waals surface area contributed by atoms with Gasteiger partial charge in [-0.25, -0.2) is 4.98 Å². The Bertz CT molecular complexity index is 548. The van der Waals surface area contributed by atoms with E-state index in [4.69, 9.17) is 4.42 Å². The van der Waals surface area contributed by atoms with Gasteiger partial charge in [-0.15, -0.1) is 10.2 Å². The molecule has 0 N–H and O–H groups in total. The molecule has 0 bridgehead atoms. The molecule has 16 heavy (non-hydrogen) atoms. The van der Waals surface area contributed by atoms with Crippen LogP contribution < -0.4 is 5.56 Å². The highest BCUT2D eigenvalue weighted by atomic mass is 79.9. The van der Waals surface area contributed by atoms with E-state index < -0.39 is 0 Å². The number of halogens is 1. The van der Waals surface area contributed by atoms with Crippen LogP contribution in [0.25, 0.3) is 0 Å². The van der Waals surface area contributed by atoms with Gasteiger partial charge in [0.2, 0.25) is 11.8 Å². The average molecular weight is 285 g/mol. The van der Waals surface area contributed by atoms with Crippen LogP contribution in [0, 0.1) is 0 Å². The Morgan fingerprint density at radius 2 is 2.19 bits per heavy atom. The van der Waals surface area contributed by atoms with Crippen LogP contribution >= 0.6 is 15.9 Å². The molecule has 7 heteroatoms. The minimum absolute atomic E-state index is 0.175. The van der Waals surface area contributed by atoms with Gasteiger partial charge < -0.3 is 4.42 Å². The molecule has 6 nitrogen and oxygen atoms in total. The first-order valence-electron chi connectivity index (χ1n) is 4.72. The highest BCUT2D eigenvalue weighted by molar-refractivity contribution is 9.10. The molecule has 0 fully saturated rings. The Kier molecular flexibility index (Phi) is 3.14. The number of aryl methyl sites for hydroxylation is 1. The zero-order valence-corrected chi connectivity index (χ0v) is 10.1. The Morgan fingerprint density at radius 3 is 2.88 bits per heavy atom. The lowest BCUT2D eigenvalue weighted by atomic mass is 10.5. The topological polar surface area (TPSA) is 73.8 Å². The second-order valence-electron chi connectivity index (χ2n) is 3.12. The molecular formula is C9H9BrN4O2. The monoisotopic (exact) mass is 284 g/mol. The van der Waals surface area contributed by atoms with E-state index in [-0.39, 0.29) is 12.1 Å². The number of rotatable bonds is 3. The van der Waals surface area contributed by atoms with E-state index >= 15 is 0 Å². The summed E-state index contributed by atoms with van der Waals surface area (Å²) >= 11 is 3.12. The van der Waals surface area contributed by atoms with Gasteiger partial charge >= 0.3 is 0 Å². The maximum atomic E-state index is 11.6. The lowest BCUT2D eigenvalue weighted by Crippen LogP contribution is -2.21. The van der Waals surface area contributed by atoms with Crippen molar-refractivity contribution in [2.24, 2.45) is 0 Å². The Morgan fingerprint density at radius 1 is 1.44 bits per heavy atom. The van der Waals surface area contributed by atoms with Crippen molar-refractivity contribution in [3.63, 3.8) is 0 Å². The summed E-state index contributed by atoms with van der Waals surface area (Å²) in [5.41, 5.74) is -0.175. The number of aromatic nitrogens is 4. The highest BCUT2D eigenvalue weighted by Gasteiger charge is 2.07. The summed E-state index contributed by atoms with van der Waals surface area (Å²) < 4.78 is 7.11. The SMILES string of the molecule is CCc1nnc(Cn2cncc(Br)c2=O)o1. The molecule has 84 valence electrons. The van der Waals surface area contributed by atoms with Gasteiger partial charge in [0.05, 0.1) is 6.33 Å². The third-order valence-electron chi connectivity index (χ3n) is 1.98. The zero-order chi connectivity index (χ0) is 11.5. The van der Waals surface area contributed by atoms with Crippen LogP contribution in [0.15, 0.2) is 26.2 Å². The molecular weight excluding hydrogens is 276 g/mol. The summed E-state index contributed by atoms with van der Waals surface area (Å²) in [6.07, 6.45) is 3.56. The van der Waals surface area contributed by atoms with Crippen molar-refractivity contribution in [1.82, 2.24) is 19.7 Å². The summed E-state index contributed by atoms with van der Waals surface area (Å²) in [5.74, 6) is 0.963. The Hall–Kier alpha value is -1.50. The zero-order valence-electron chi connectivity index (χ0n) is 8.55.